The molecule has 2 heteroatoms. The Bertz CT molecular complexity index is 162. The lowest BCUT2D eigenvalue weighted by Gasteiger charge is -2.55. The van der Waals surface area contributed by atoms with E-state index in [0.717, 1.165) is 12.8 Å². The number of nitrogens with two attached hydrogens (primary N) is 2. The fraction of sp³-hybridized carbons (Fsp3) is 0.900. The Morgan fingerprint density at radius 2 is 1.25 bits per heavy atom. The van der Waals surface area contributed by atoms with Gasteiger partial charge in [0.25, 0.3) is 0 Å². The van der Waals surface area contributed by atoms with Crippen LogP contribution in [0, 0.1) is 17.3 Å². The van der Waals surface area contributed by atoms with Crippen LogP contribution in [0.4, 0.5) is 0 Å². The van der Waals surface area contributed by atoms with Gasteiger partial charge >= 0.3 is 0 Å². The molecular formula is C10H21N2. The van der Waals surface area contributed by atoms with Crippen molar-refractivity contribution in [2.75, 3.05) is 0 Å². The van der Waals surface area contributed by atoms with Gasteiger partial charge in [-0.2, -0.15) is 0 Å². The highest BCUT2D eigenvalue weighted by Gasteiger charge is 2.51. The molecule has 12 heavy (non-hydrogen) atoms. The first-order chi connectivity index (χ1) is 5.21. The summed E-state index contributed by atoms with van der Waals surface area (Å²) in [5.41, 5.74) is 11.8. The summed E-state index contributed by atoms with van der Waals surface area (Å²) in [4.78, 5) is 0. The zero-order chi connectivity index (χ0) is 9.62. The lowest BCUT2D eigenvalue weighted by atomic mass is 9.57. The molecule has 1 saturated carbocycles. The van der Waals surface area contributed by atoms with Gasteiger partial charge in [-0.15, -0.1) is 0 Å². The molecule has 0 heterocycles. The van der Waals surface area contributed by atoms with Crippen LogP contribution < -0.4 is 11.5 Å². The van der Waals surface area contributed by atoms with Crippen molar-refractivity contribution >= 4 is 0 Å². The fourth-order valence-electron chi connectivity index (χ4n) is 2.05. The third kappa shape index (κ3) is 1.17. The van der Waals surface area contributed by atoms with E-state index < -0.39 is 5.66 Å². The maximum Gasteiger partial charge on any atom is 0.0741 e. The molecule has 0 saturated heterocycles. The quantitative estimate of drug-likeness (QED) is 0.542. The van der Waals surface area contributed by atoms with Gasteiger partial charge < -0.3 is 11.5 Å². The molecule has 4 N–H and O–H groups in total. The minimum Gasteiger partial charge on any atom is -0.313 e. The van der Waals surface area contributed by atoms with E-state index in [0.29, 0.717) is 0 Å². The largest absolute Gasteiger partial charge is 0.313 e. The number of hydrogen-bond donors (Lipinski definition) is 2. The molecule has 1 radical (unpaired) electrons. The van der Waals surface area contributed by atoms with Crippen molar-refractivity contribution in [1.82, 2.24) is 0 Å². The molecule has 0 amide bonds. The molecule has 0 bridgehead atoms. The Hall–Kier alpha value is -0.0800. The van der Waals surface area contributed by atoms with Crippen LogP contribution in [0.25, 0.3) is 0 Å². The predicted molar refractivity (Wildman–Crippen MR) is 52.2 cm³/mol. The minimum atomic E-state index is -0.561. The molecule has 1 fully saturated rings. The van der Waals surface area contributed by atoms with Crippen molar-refractivity contribution in [3.05, 3.63) is 6.42 Å². The van der Waals surface area contributed by atoms with Crippen LogP contribution in [0.15, 0.2) is 0 Å². The molecule has 0 aromatic carbocycles. The van der Waals surface area contributed by atoms with Crippen molar-refractivity contribution in [3.63, 3.8) is 0 Å². The third-order valence-electron chi connectivity index (χ3n) is 3.55. The fourth-order valence-corrected chi connectivity index (χ4v) is 2.05. The lowest BCUT2D eigenvalue weighted by Crippen LogP contribution is -2.70. The lowest BCUT2D eigenvalue weighted by molar-refractivity contribution is 0.00998. The van der Waals surface area contributed by atoms with Crippen molar-refractivity contribution in [2.45, 2.75) is 46.2 Å². The molecule has 0 aromatic rings. The second-order valence-electron chi connectivity index (χ2n) is 5.33. The van der Waals surface area contributed by atoms with Gasteiger partial charge in [0.1, 0.15) is 0 Å². The molecule has 0 aromatic heterocycles. The smallest absolute Gasteiger partial charge is 0.0741 e. The maximum atomic E-state index is 6.19. The van der Waals surface area contributed by atoms with E-state index in [9.17, 15) is 0 Å². The Balaban J connectivity index is 2.99. The second-order valence-corrected chi connectivity index (χ2v) is 5.33. The predicted octanol–water partition coefficient (Wildman–Crippen LogP) is 1.65. The zero-order valence-corrected chi connectivity index (χ0v) is 8.65. The van der Waals surface area contributed by atoms with E-state index >= 15 is 0 Å². The molecule has 2 nitrogen and oxygen atoms in total. The highest BCUT2D eigenvalue weighted by molar-refractivity contribution is 5.09. The van der Waals surface area contributed by atoms with Gasteiger partial charge in [-0.3, -0.25) is 0 Å². The highest BCUT2D eigenvalue weighted by Crippen LogP contribution is 2.48. The van der Waals surface area contributed by atoms with Gasteiger partial charge in [0, 0.05) is 0 Å². The van der Waals surface area contributed by atoms with Gasteiger partial charge in [-0.05, 0) is 30.1 Å². The van der Waals surface area contributed by atoms with Crippen LogP contribution in [-0.2, 0) is 0 Å². The Morgan fingerprint density at radius 1 is 0.917 bits per heavy atom. The number of rotatable bonds is 0. The average molecular weight is 169 g/mol. The molecule has 0 unspecified atom stereocenters. The highest BCUT2D eigenvalue weighted by atomic mass is 15.0. The third-order valence-corrected chi connectivity index (χ3v) is 3.55. The first-order valence-electron chi connectivity index (χ1n) is 4.60. The first kappa shape index (κ1) is 10.0. The Labute approximate surface area is 75.7 Å². The molecule has 71 valence electrons. The van der Waals surface area contributed by atoms with Gasteiger partial charge in [0.05, 0.1) is 5.66 Å². The van der Waals surface area contributed by atoms with Gasteiger partial charge in [0.15, 0.2) is 0 Å². The van der Waals surface area contributed by atoms with E-state index in [4.69, 9.17) is 11.5 Å². The van der Waals surface area contributed by atoms with Crippen LogP contribution >= 0.6 is 0 Å². The SMILES string of the molecule is CC1(C)C[CH]CC(C)(C)C1(N)N. The zero-order valence-electron chi connectivity index (χ0n) is 8.65. The second kappa shape index (κ2) is 2.46. The van der Waals surface area contributed by atoms with E-state index in [1.807, 2.05) is 0 Å². The molecule has 0 aliphatic heterocycles. The summed E-state index contributed by atoms with van der Waals surface area (Å²) < 4.78 is 0. The Kier molecular flexibility index (Phi) is 2.05. The molecule has 0 spiro atoms. The minimum absolute atomic E-state index is 0.00868. The summed E-state index contributed by atoms with van der Waals surface area (Å²) in [6, 6.07) is 0. The topological polar surface area (TPSA) is 52.0 Å². The summed E-state index contributed by atoms with van der Waals surface area (Å²) in [6.07, 6.45) is 4.34. The first-order valence-corrected chi connectivity index (χ1v) is 4.60. The standard InChI is InChI=1S/C10H21N2/c1-8(2)6-5-7-9(3,4)10(8,11)12/h5H,6-7,11-12H2,1-4H3. The number of hydrogen-bond acceptors (Lipinski definition) is 2. The summed E-state index contributed by atoms with van der Waals surface area (Å²) >= 11 is 0. The van der Waals surface area contributed by atoms with Crippen molar-refractivity contribution in [3.8, 4) is 0 Å². The van der Waals surface area contributed by atoms with Gasteiger partial charge in [-0.1, -0.05) is 27.7 Å². The normalized spacial score (nSPS) is 31.5. The molecule has 1 aliphatic carbocycles. The molecule has 0 atom stereocenters. The van der Waals surface area contributed by atoms with Crippen LogP contribution in [0.1, 0.15) is 40.5 Å². The van der Waals surface area contributed by atoms with Crippen LogP contribution in [0.2, 0.25) is 0 Å². The van der Waals surface area contributed by atoms with Gasteiger partial charge in [0.2, 0.25) is 0 Å². The van der Waals surface area contributed by atoms with Crippen LogP contribution in [-0.4, -0.2) is 5.66 Å². The van der Waals surface area contributed by atoms with Crippen molar-refractivity contribution < 1.29 is 0 Å². The summed E-state index contributed by atoms with van der Waals surface area (Å²) in [5.74, 6) is 0. The van der Waals surface area contributed by atoms with E-state index in [-0.39, 0.29) is 10.8 Å². The maximum absolute atomic E-state index is 6.19. The van der Waals surface area contributed by atoms with E-state index in [1.54, 1.807) is 0 Å². The van der Waals surface area contributed by atoms with Crippen LogP contribution in [0.3, 0.4) is 0 Å². The Morgan fingerprint density at radius 3 is 1.50 bits per heavy atom. The molecule has 1 rings (SSSR count). The van der Waals surface area contributed by atoms with Crippen molar-refractivity contribution in [1.29, 1.82) is 0 Å². The van der Waals surface area contributed by atoms with E-state index in [2.05, 4.69) is 34.1 Å². The van der Waals surface area contributed by atoms with Gasteiger partial charge in [-0.25, -0.2) is 0 Å². The summed E-state index contributed by atoms with van der Waals surface area (Å²) in [5, 5.41) is 0. The summed E-state index contributed by atoms with van der Waals surface area (Å²) in [6.45, 7) is 8.57. The average Bonchev–Trinajstić information content (AvgIpc) is 1.83. The van der Waals surface area contributed by atoms with Crippen LogP contribution in [0.5, 0.6) is 0 Å². The molecule has 1 aliphatic rings. The summed E-state index contributed by atoms with van der Waals surface area (Å²) in [7, 11) is 0. The monoisotopic (exact) mass is 169 g/mol. The molecular weight excluding hydrogens is 148 g/mol. The van der Waals surface area contributed by atoms with E-state index in [1.165, 1.54) is 0 Å². The van der Waals surface area contributed by atoms with Crippen molar-refractivity contribution in [2.24, 2.45) is 22.3 Å².